The van der Waals surface area contributed by atoms with Gasteiger partial charge in [0, 0.05) is 43.5 Å². The summed E-state index contributed by atoms with van der Waals surface area (Å²) in [6.45, 7) is 5.41. The van der Waals surface area contributed by atoms with Crippen molar-refractivity contribution in [2.75, 3.05) is 38.5 Å². The van der Waals surface area contributed by atoms with E-state index in [1.165, 1.54) is 12.8 Å². The first-order chi connectivity index (χ1) is 12.5. The van der Waals surface area contributed by atoms with Gasteiger partial charge in [0.25, 0.3) is 5.91 Å². The van der Waals surface area contributed by atoms with Gasteiger partial charge in [-0.2, -0.15) is 0 Å². The second kappa shape index (κ2) is 8.54. The van der Waals surface area contributed by atoms with Crippen LogP contribution in [0.1, 0.15) is 43.0 Å². The summed E-state index contributed by atoms with van der Waals surface area (Å²) in [5, 5.41) is 3.19. The van der Waals surface area contributed by atoms with Gasteiger partial charge in [-0.25, -0.2) is 0 Å². The van der Waals surface area contributed by atoms with E-state index in [2.05, 4.69) is 17.1 Å². The number of carbonyl (C=O) groups excluding carboxylic acids is 2. The number of hydrogen-bond donors (Lipinski definition) is 2. The largest absolute Gasteiger partial charge is 0.399 e. The predicted molar refractivity (Wildman–Crippen MR) is 103 cm³/mol. The zero-order valence-corrected chi connectivity index (χ0v) is 15.6. The highest BCUT2D eigenvalue weighted by Crippen LogP contribution is 2.23. The number of hydrogen-bond acceptors (Lipinski definition) is 4. The average molecular weight is 358 g/mol. The number of carbonyl (C=O) groups is 2. The SMILES string of the molecule is CC1CCCC(NC(=O)CN2CCN(C(=O)c3cccc(N)c3)CC2)C1. The number of nitrogens with zero attached hydrogens (tertiary/aromatic N) is 2. The van der Waals surface area contributed by atoms with E-state index < -0.39 is 0 Å². The predicted octanol–water partition coefficient (Wildman–Crippen LogP) is 1.72. The minimum atomic E-state index is 0.0117. The van der Waals surface area contributed by atoms with E-state index in [1.54, 1.807) is 24.3 Å². The third-order valence-corrected chi connectivity index (χ3v) is 5.46. The van der Waals surface area contributed by atoms with Crippen LogP contribution < -0.4 is 11.1 Å². The van der Waals surface area contributed by atoms with Gasteiger partial charge < -0.3 is 16.0 Å². The van der Waals surface area contributed by atoms with Crippen LogP contribution in [0, 0.1) is 5.92 Å². The van der Waals surface area contributed by atoms with E-state index in [0.29, 0.717) is 42.8 Å². The van der Waals surface area contributed by atoms with Crippen LogP contribution in [0.2, 0.25) is 0 Å². The highest BCUT2D eigenvalue weighted by molar-refractivity contribution is 5.95. The maximum Gasteiger partial charge on any atom is 0.254 e. The summed E-state index contributed by atoms with van der Waals surface area (Å²) in [5.74, 6) is 0.827. The Labute approximate surface area is 155 Å². The topological polar surface area (TPSA) is 78.7 Å². The van der Waals surface area contributed by atoms with Crippen molar-refractivity contribution >= 4 is 17.5 Å². The second-order valence-electron chi connectivity index (χ2n) is 7.73. The molecule has 26 heavy (non-hydrogen) atoms. The molecular formula is C20H30N4O2. The Morgan fingerprint density at radius 1 is 1.19 bits per heavy atom. The zero-order valence-electron chi connectivity index (χ0n) is 15.6. The molecule has 2 amide bonds. The number of anilines is 1. The fourth-order valence-electron chi connectivity index (χ4n) is 4.00. The monoisotopic (exact) mass is 358 g/mol. The van der Waals surface area contributed by atoms with Gasteiger partial charge >= 0.3 is 0 Å². The Balaban J connectivity index is 1.43. The van der Waals surface area contributed by atoms with E-state index in [4.69, 9.17) is 5.73 Å². The lowest BCUT2D eigenvalue weighted by Gasteiger charge is -2.35. The van der Waals surface area contributed by atoms with Crippen molar-refractivity contribution < 1.29 is 9.59 Å². The number of benzene rings is 1. The number of piperazine rings is 1. The molecule has 2 unspecified atom stereocenters. The van der Waals surface area contributed by atoms with E-state index in [0.717, 1.165) is 25.9 Å². The molecule has 0 bridgehead atoms. The van der Waals surface area contributed by atoms with Crippen LogP contribution >= 0.6 is 0 Å². The fourth-order valence-corrected chi connectivity index (χ4v) is 4.00. The molecule has 6 nitrogen and oxygen atoms in total. The highest BCUT2D eigenvalue weighted by atomic mass is 16.2. The van der Waals surface area contributed by atoms with Crippen molar-refractivity contribution in [1.29, 1.82) is 0 Å². The molecule has 3 N–H and O–H groups in total. The van der Waals surface area contributed by atoms with E-state index in [9.17, 15) is 9.59 Å². The zero-order chi connectivity index (χ0) is 18.5. The third kappa shape index (κ3) is 4.97. The number of amides is 2. The molecule has 3 rings (SSSR count). The first-order valence-electron chi connectivity index (χ1n) is 9.68. The van der Waals surface area contributed by atoms with Crippen molar-refractivity contribution in [3.05, 3.63) is 29.8 Å². The summed E-state index contributed by atoms with van der Waals surface area (Å²) in [5.41, 5.74) is 6.99. The average Bonchev–Trinajstić information content (AvgIpc) is 2.61. The fraction of sp³-hybridized carbons (Fsp3) is 0.600. The Morgan fingerprint density at radius 2 is 1.96 bits per heavy atom. The Hall–Kier alpha value is -2.08. The lowest BCUT2D eigenvalue weighted by molar-refractivity contribution is -0.123. The van der Waals surface area contributed by atoms with Crippen molar-refractivity contribution in [2.45, 2.75) is 38.6 Å². The molecule has 2 fully saturated rings. The van der Waals surface area contributed by atoms with Gasteiger partial charge in [-0.1, -0.05) is 25.8 Å². The molecule has 0 spiro atoms. The van der Waals surface area contributed by atoms with Crippen molar-refractivity contribution in [1.82, 2.24) is 15.1 Å². The molecule has 1 aromatic rings. The molecule has 1 aliphatic carbocycles. The molecule has 1 aliphatic heterocycles. The van der Waals surface area contributed by atoms with E-state index in [1.807, 2.05) is 4.90 Å². The third-order valence-electron chi connectivity index (χ3n) is 5.46. The Kier molecular flexibility index (Phi) is 6.14. The number of nitrogen functional groups attached to an aromatic ring is 1. The second-order valence-corrected chi connectivity index (χ2v) is 7.73. The molecule has 1 aromatic carbocycles. The summed E-state index contributed by atoms with van der Waals surface area (Å²) in [6.07, 6.45) is 4.67. The van der Waals surface area contributed by atoms with Gasteiger partial charge in [0.15, 0.2) is 0 Å². The highest BCUT2D eigenvalue weighted by Gasteiger charge is 2.25. The number of nitrogens with one attached hydrogen (secondary N) is 1. The molecule has 0 aromatic heterocycles. The quantitative estimate of drug-likeness (QED) is 0.804. The molecule has 1 heterocycles. The van der Waals surface area contributed by atoms with Crippen molar-refractivity contribution in [3.63, 3.8) is 0 Å². The molecule has 142 valence electrons. The van der Waals surface area contributed by atoms with Crippen molar-refractivity contribution in [2.24, 2.45) is 5.92 Å². The van der Waals surface area contributed by atoms with Gasteiger partial charge in [-0.3, -0.25) is 14.5 Å². The van der Waals surface area contributed by atoms with Crippen molar-refractivity contribution in [3.8, 4) is 0 Å². The molecule has 2 aliphatic rings. The molecule has 1 saturated carbocycles. The molecule has 6 heteroatoms. The van der Waals surface area contributed by atoms with Gasteiger partial charge in [0.05, 0.1) is 6.54 Å². The van der Waals surface area contributed by atoms with Gasteiger partial charge in [0.1, 0.15) is 0 Å². The van der Waals surface area contributed by atoms with Gasteiger partial charge in [0.2, 0.25) is 5.91 Å². The van der Waals surface area contributed by atoms with Crippen LogP contribution in [-0.4, -0.2) is 60.4 Å². The summed E-state index contributed by atoms with van der Waals surface area (Å²) in [6, 6.07) is 7.42. The summed E-state index contributed by atoms with van der Waals surface area (Å²) >= 11 is 0. The normalized spacial score (nSPS) is 24.3. The van der Waals surface area contributed by atoms with Crippen LogP contribution in [0.4, 0.5) is 5.69 Å². The van der Waals surface area contributed by atoms with Crippen LogP contribution in [0.25, 0.3) is 0 Å². The number of rotatable bonds is 4. The maximum atomic E-state index is 12.5. The molecule has 1 saturated heterocycles. The molecule has 2 atom stereocenters. The first kappa shape index (κ1) is 18.7. The smallest absolute Gasteiger partial charge is 0.254 e. The minimum absolute atomic E-state index is 0.0117. The summed E-state index contributed by atoms with van der Waals surface area (Å²) in [4.78, 5) is 28.8. The lowest BCUT2D eigenvalue weighted by Crippen LogP contribution is -2.52. The Morgan fingerprint density at radius 3 is 2.65 bits per heavy atom. The summed E-state index contributed by atoms with van der Waals surface area (Å²) < 4.78 is 0. The van der Waals surface area contributed by atoms with E-state index in [-0.39, 0.29) is 11.8 Å². The van der Waals surface area contributed by atoms with Crippen LogP contribution in [0.15, 0.2) is 24.3 Å². The van der Waals surface area contributed by atoms with Gasteiger partial charge in [-0.05, 0) is 37.0 Å². The van der Waals surface area contributed by atoms with Crippen LogP contribution in [0.3, 0.4) is 0 Å². The standard InChI is InChI=1S/C20H30N4O2/c1-15-4-2-7-18(12-15)22-19(25)14-23-8-10-24(11-9-23)20(26)16-5-3-6-17(21)13-16/h3,5-6,13,15,18H,2,4,7-12,14,21H2,1H3,(H,22,25). The maximum absolute atomic E-state index is 12.5. The first-order valence-corrected chi connectivity index (χ1v) is 9.68. The van der Waals surface area contributed by atoms with Gasteiger partial charge in [-0.15, -0.1) is 0 Å². The van der Waals surface area contributed by atoms with Crippen LogP contribution in [-0.2, 0) is 4.79 Å². The summed E-state index contributed by atoms with van der Waals surface area (Å²) in [7, 11) is 0. The van der Waals surface area contributed by atoms with Crippen LogP contribution in [0.5, 0.6) is 0 Å². The minimum Gasteiger partial charge on any atom is -0.399 e. The molecular weight excluding hydrogens is 328 g/mol. The van der Waals surface area contributed by atoms with E-state index >= 15 is 0 Å². The number of nitrogens with two attached hydrogens (primary N) is 1. The Bertz CT molecular complexity index is 640. The lowest BCUT2D eigenvalue weighted by atomic mass is 9.87. The molecule has 0 radical (unpaired) electrons.